The summed E-state index contributed by atoms with van der Waals surface area (Å²) in [7, 11) is 0. The zero-order valence-corrected chi connectivity index (χ0v) is 15.3. The predicted molar refractivity (Wildman–Crippen MR) is 96.5 cm³/mol. The minimum atomic E-state index is 0.728. The van der Waals surface area contributed by atoms with E-state index < -0.39 is 0 Å². The first-order valence-electron chi connectivity index (χ1n) is 8.27. The van der Waals surface area contributed by atoms with Crippen molar-refractivity contribution in [3.05, 3.63) is 39.6 Å². The van der Waals surface area contributed by atoms with Gasteiger partial charge in [0.25, 0.3) is 0 Å². The lowest BCUT2D eigenvalue weighted by Gasteiger charge is -2.31. The fraction of sp³-hybridized carbons (Fsp3) is 0.471. The summed E-state index contributed by atoms with van der Waals surface area (Å²) in [6.07, 6.45) is 1.01. The molecule has 0 aliphatic carbocycles. The highest BCUT2D eigenvalue weighted by Crippen LogP contribution is 2.25. The van der Waals surface area contributed by atoms with Gasteiger partial charge in [-0.05, 0) is 36.6 Å². The van der Waals surface area contributed by atoms with Crippen molar-refractivity contribution in [2.24, 2.45) is 0 Å². The highest BCUT2D eigenvalue weighted by molar-refractivity contribution is 9.10. The molecule has 1 saturated heterocycles. The van der Waals surface area contributed by atoms with Crippen molar-refractivity contribution in [1.29, 1.82) is 0 Å². The van der Waals surface area contributed by atoms with Crippen LogP contribution in [0.2, 0.25) is 0 Å². The first kappa shape index (κ1) is 15.8. The average Bonchev–Trinajstić information content (AvgIpc) is 2.61. The van der Waals surface area contributed by atoms with Gasteiger partial charge in [-0.3, -0.25) is 0 Å². The molecule has 7 heteroatoms. The number of aromatic nitrogens is 3. The van der Waals surface area contributed by atoms with Crippen LogP contribution in [0.25, 0.3) is 0 Å². The SMILES string of the molecule is Cc1nc(N2CCOCC2)nc(N2CCc3cc(Br)ccc3C2)n1. The third-order valence-electron chi connectivity index (χ3n) is 4.48. The summed E-state index contributed by atoms with van der Waals surface area (Å²) >= 11 is 3.55. The number of benzene rings is 1. The lowest BCUT2D eigenvalue weighted by Crippen LogP contribution is -2.38. The van der Waals surface area contributed by atoms with Crippen LogP contribution in [0.4, 0.5) is 11.9 Å². The molecule has 0 spiro atoms. The molecule has 0 amide bonds. The minimum Gasteiger partial charge on any atom is -0.378 e. The molecular weight excluding hydrogens is 370 g/mol. The molecule has 0 unspecified atom stereocenters. The second-order valence-electron chi connectivity index (χ2n) is 6.17. The van der Waals surface area contributed by atoms with E-state index in [1.165, 1.54) is 11.1 Å². The third-order valence-corrected chi connectivity index (χ3v) is 4.97. The number of halogens is 1. The quantitative estimate of drug-likeness (QED) is 0.785. The van der Waals surface area contributed by atoms with E-state index in [2.05, 4.69) is 53.9 Å². The topological polar surface area (TPSA) is 54.4 Å². The third kappa shape index (κ3) is 3.23. The van der Waals surface area contributed by atoms with Crippen molar-refractivity contribution in [3.8, 4) is 0 Å². The largest absolute Gasteiger partial charge is 0.378 e. The van der Waals surface area contributed by atoms with Crippen LogP contribution < -0.4 is 9.80 Å². The molecule has 1 aromatic heterocycles. The molecule has 0 saturated carbocycles. The Hall–Kier alpha value is -1.73. The number of hydrogen-bond donors (Lipinski definition) is 0. The Kier molecular flexibility index (Phi) is 4.37. The van der Waals surface area contributed by atoms with Crippen LogP contribution >= 0.6 is 15.9 Å². The van der Waals surface area contributed by atoms with Crippen molar-refractivity contribution in [1.82, 2.24) is 15.0 Å². The lowest BCUT2D eigenvalue weighted by molar-refractivity contribution is 0.122. The lowest BCUT2D eigenvalue weighted by atomic mass is 10.0. The number of hydrogen-bond acceptors (Lipinski definition) is 6. The van der Waals surface area contributed by atoms with Gasteiger partial charge < -0.3 is 14.5 Å². The molecule has 2 aliphatic heterocycles. The van der Waals surface area contributed by atoms with Crippen molar-refractivity contribution in [2.75, 3.05) is 42.6 Å². The van der Waals surface area contributed by atoms with E-state index in [4.69, 9.17) is 9.72 Å². The van der Waals surface area contributed by atoms with Crippen LogP contribution in [0.5, 0.6) is 0 Å². The molecule has 4 rings (SSSR count). The molecular formula is C17H20BrN5O. The summed E-state index contributed by atoms with van der Waals surface area (Å²) < 4.78 is 6.56. The summed E-state index contributed by atoms with van der Waals surface area (Å²) in [6, 6.07) is 6.49. The second kappa shape index (κ2) is 6.64. The van der Waals surface area contributed by atoms with E-state index in [9.17, 15) is 0 Å². The number of anilines is 2. The number of fused-ring (bicyclic) bond motifs is 1. The van der Waals surface area contributed by atoms with Gasteiger partial charge in [0.2, 0.25) is 11.9 Å². The minimum absolute atomic E-state index is 0.728. The van der Waals surface area contributed by atoms with E-state index in [1.54, 1.807) is 0 Å². The second-order valence-corrected chi connectivity index (χ2v) is 7.08. The molecule has 1 fully saturated rings. The number of rotatable bonds is 2. The van der Waals surface area contributed by atoms with Crippen molar-refractivity contribution < 1.29 is 4.74 Å². The Labute approximate surface area is 150 Å². The first-order chi connectivity index (χ1) is 11.7. The Morgan fingerprint density at radius 1 is 0.958 bits per heavy atom. The zero-order chi connectivity index (χ0) is 16.5. The molecule has 3 heterocycles. The number of nitrogens with zero attached hydrogens (tertiary/aromatic N) is 5. The number of ether oxygens (including phenoxy) is 1. The fourth-order valence-corrected chi connectivity index (χ4v) is 3.60. The summed E-state index contributed by atoms with van der Waals surface area (Å²) in [5.74, 6) is 2.31. The molecule has 1 aromatic carbocycles. The van der Waals surface area contributed by atoms with E-state index >= 15 is 0 Å². The van der Waals surface area contributed by atoms with E-state index in [0.29, 0.717) is 0 Å². The Balaban J connectivity index is 1.60. The summed E-state index contributed by atoms with van der Waals surface area (Å²) in [5.41, 5.74) is 2.75. The summed E-state index contributed by atoms with van der Waals surface area (Å²) in [4.78, 5) is 18.3. The Bertz CT molecular complexity index is 748. The van der Waals surface area contributed by atoms with E-state index in [0.717, 1.165) is 68.0 Å². The van der Waals surface area contributed by atoms with E-state index in [1.807, 2.05) is 6.92 Å². The van der Waals surface area contributed by atoms with E-state index in [-0.39, 0.29) is 0 Å². The molecule has 24 heavy (non-hydrogen) atoms. The molecule has 0 N–H and O–H groups in total. The highest BCUT2D eigenvalue weighted by Gasteiger charge is 2.21. The van der Waals surface area contributed by atoms with Crippen LogP contribution in [0.15, 0.2) is 22.7 Å². The molecule has 2 aromatic rings. The molecule has 0 bridgehead atoms. The van der Waals surface area contributed by atoms with Crippen LogP contribution in [0.1, 0.15) is 17.0 Å². The van der Waals surface area contributed by atoms with Gasteiger partial charge >= 0.3 is 0 Å². The van der Waals surface area contributed by atoms with Gasteiger partial charge in [0.05, 0.1) is 13.2 Å². The number of aryl methyl sites for hydroxylation is 1. The fourth-order valence-electron chi connectivity index (χ4n) is 3.19. The van der Waals surface area contributed by atoms with Gasteiger partial charge in [-0.25, -0.2) is 0 Å². The normalized spacial score (nSPS) is 17.8. The zero-order valence-electron chi connectivity index (χ0n) is 13.7. The van der Waals surface area contributed by atoms with Crippen molar-refractivity contribution in [3.63, 3.8) is 0 Å². The van der Waals surface area contributed by atoms with Crippen LogP contribution in [-0.4, -0.2) is 47.8 Å². The maximum Gasteiger partial charge on any atom is 0.230 e. The maximum absolute atomic E-state index is 5.42. The monoisotopic (exact) mass is 389 g/mol. The predicted octanol–water partition coefficient (Wildman–Crippen LogP) is 2.34. The van der Waals surface area contributed by atoms with Gasteiger partial charge in [0, 0.05) is 30.7 Å². The van der Waals surface area contributed by atoms with Crippen molar-refractivity contribution in [2.45, 2.75) is 19.9 Å². The molecule has 2 aliphatic rings. The van der Waals surface area contributed by atoms with Gasteiger partial charge in [0.15, 0.2) is 0 Å². The first-order valence-corrected chi connectivity index (χ1v) is 9.06. The summed E-state index contributed by atoms with van der Waals surface area (Å²) in [5, 5.41) is 0. The van der Waals surface area contributed by atoms with Gasteiger partial charge in [-0.1, -0.05) is 22.0 Å². The standard InChI is InChI=1S/C17H20BrN5O/c1-12-19-16(22-6-8-24-9-7-22)21-17(20-12)23-5-4-13-10-15(18)3-2-14(13)11-23/h2-3,10H,4-9,11H2,1H3. The average molecular weight is 390 g/mol. The smallest absolute Gasteiger partial charge is 0.230 e. The highest BCUT2D eigenvalue weighted by atomic mass is 79.9. The number of morpholine rings is 1. The van der Waals surface area contributed by atoms with Gasteiger partial charge in [0.1, 0.15) is 5.82 Å². The molecule has 6 nitrogen and oxygen atoms in total. The van der Waals surface area contributed by atoms with Crippen molar-refractivity contribution >= 4 is 27.8 Å². The Morgan fingerprint density at radius 2 is 1.71 bits per heavy atom. The molecule has 0 atom stereocenters. The van der Waals surface area contributed by atoms with Crippen LogP contribution in [0, 0.1) is 6.92 Å². The van der Waals surface area contributed by atoms with Crippen LogP contribution in [-0.2, 0) is 17.7 Å². The van der Waals surface area contributed by atoms with Crippen LogP contribution in [0.3, 0.4) is 0 Å². The molecule has 126 valence electrons. The van der Waals surface area contributed by atoms with Gasteiger partial charge in [-0.2, -0.15) is 15.0 Å². The summed E-state index contributed by atoms with van der Waals surface area (Å²) in [6.45, 7) is 6.83. The van der Waals surface area contributed by atoms with Gasteiger partial charge in [-0.15, -0.1) is 0 Å². The molecule has 0 radical (unpaired) electrons. The Morgan fingerprint density at radius 3 is 2.50 bits per heavy atom. The maximum atomic E-state index is 5.42.